The number of amides is 1. The Balaban J connectivity index is 1.41. The number of anilines is 1. The lowest BCUT2D eigenvalue weighted by Gasteiger charge is -2.33. The molecule has 1 aliphatic rings. The van der Waals surface area contributed by atoms with Gasteiger partial charge < -0.3 is 14.2 Å². The molecule has 0 N–H and O–H groups in total. The molecule has 0 aliphatic carbocycles. The van der Waals surface area contributed by atoms with Crippen LogP contribution in [-0.4, -0.2) is 50.8 Å². The predicted octanol–water partition coefficient (Wildman–Crippen LogP) is 2.92. The van der Waals surface area contributed by atoms with Gasteiger partial charge >= 0.3 is 6.18 Å². The van der Waals surface area contributed by atoms with E-state index in [1.54, 1.807) is 18.0 Å². The fraction of sp³-hybridized carbons (Fsp3) is 0.474. The first kappa shape index (κ1) is 20.2. The van der Waals surface area contributed by atoms with Crippen molar-refractivity contribution in [3.05, 3.63) is 41.6 Å². The van der Waals surface area contributed by atoms with Crippen LogP contribution in [0.15, 0.2) is 28.7 Å². The Morgan fingerprint density at radius 2 is 1.93 bits per heavy atom. The van der Waals surface area contributed by atoms with Crippen molar-refractivity contribution < 1.29 is 22.4 Å². The molecule has 0 saturated carbocycles. The van der Waals surface area contributed by atoms with Gasteiger partial charge in [-0.3, -0.25) is 4.79 Å². The minimum Gasteiger partial charge on any atom is -0.464 e. The largest absolute Gasteiger partial charge is 0.464 e. The Bertz CT molecular complexity index is 1050. The second-order valence-corrected chi connectivity index (χ2v) is 7.45. The number of aryl methyl sites for hydroxylation is 1. The minimum atomic E-state index is -4.64. The number of carbonyl (C=O) groups is 1. The lowest BCUT2D eigenvalue weighted by molar-refractivity contribution is -0.146. The summed E-state index contributed by atoms with van der Waals surface area (Å²) in [7, 11) is 1.74. The van der Waals surface area contributed by atoms with Crippen LogP contribution < -0.4 is 4.90 Å². The van der Waals surface area contributed by atoms with E-state index >= 15 is 0 Å². The number of hydrogen-bond acceptors (Lipinski definition) is 6. The quantitative estimate of drug-likeness (QED) is 0.643. The Kier molecular flexibility index (Phi) is 5.12. The zero-order valence-electron chi connectivity index (χ0n) is 16.6. The highest BCUT2D eigenvalue weighted by molar-refractivity contribution is 5.78. The number of nitrogens with zero attached hydrogens (tertiary/aromatic N) is 6. The summed E-state index contributed by atoms with van der Waals surface area (Å²) < 4.78 is 45.5. The van der Waals surface area contributed by atoms with Gasteiger partial charge in [-0.15, -0.1) is 15.3 Å². The number of piperidine rings is 1. The monoisotopic (exact) mass is 422 g/mol. The Morgan fingerprint density at radius 1 is 1.20 bits per heavy atom. The molecule has 160 valence electrons. The van der Waals surface area contributed by atoms with E-state index in [-0.39, 0.29) is 17.5 Å². The zero-order valence-corrected chi connectivity index (χ0v) is 16.6. The number of fused-ring (bicyclic) bond motifs is 1. The number of aromatic nitrogens is 4. The van der Waals surface area contributed by atoms with Gasteiger partial charge in [-0.05, 0) is 44.0 Å². The maximum atomic E-state index is 13.1. The second-order valence-electron chi connectivity index (χ2n) is 7.45. The van der Waals surface area contributed by atoms with Crippen molar-refractivity contribution in [3.63, 3.8) is 0 Å². The van der Waals surface area contributed by atoms with E-state index in [1.165, 1.54) is 6.07 Å². The lowest BCUT2D eigenvalue weighted by Crippen LogP contribution is -2.41. The number of furan rings is 1. The van der Waals surface area contributed by atoms with Crippen molar-refractivity contribution in [3.8, 4) is 0 Å². The molecule has 8 nitrogen and oxygen atoms in total. The Labute approximate surface area is 170 Å². The van der Waals surface area contributed by atoms with Gasteiger partial charge in [0.15, 0.2) is 5.65 Å². The maximum Gasteiger partial charge on any atom is 0.453 e. The summed E-state index contributed by atoms with van der Waals surface area (Å²) in [5, 5.41) is 10.8. The smallest absolute Gasteiger partial charge is 0.453 e. The first-order valence-electron chi connectivity index (χ1n) is 9.57. The molecule has 1 aliphatic heterocycles. The molecule has 3 aromatic rings. The van der Waals surface area contributed by atoms with Crippen molar-refractivity contribution in [1.29, 1.82) is 0 Å². The third kappa shape index (κ3) is 3.96. The summed E-state index contributed by atoms with van der Waals surface area (Å²) in [6, 6.07) is 6.79. The number of hydrogen-bond donors (Lipinski definition) is 0. The molecular weight excluding hydrogens is 401 g/mol. The average molecular weight is 422 g/mol. The van der Waals surface area contributed by atoms with E-state index in [0.29, 0.717) is 42.8 Å². The molecule has 0 radical (unpaired) electrons. The van der Waals surface area contributed by atoms with Crippen molar-refractivity contribution in [2.24, 2.45) is 5.92 Å². The second kappa shape index (κ2) is 7.62. The molecular formula is C19H21F3N6O2. The highest BCUT2D eigenvalue weighted by Crippen LogP contribution is 2.29. The summed E-state index contributed by atoms with van der Waals surface area (Å²) in [4.78, 5) is 16.3. The highest BCUT2D eigenvalue weighted by Gasteiger charge is 2.38. The minimum absolute atomic E-state index is 0.0327. The number of alkyl halides is 3. The molecule has 1 fully saturated rings. The van der Waals surface area contributed by atoms with Crippen LogP contribution in [0.5, 0.6) is 0 Å². The van der Waals surface area contributed by atoms with Gasteiger partial charge in [-0.2, -0.15) is 17.7 Å². The van der Waals surface area contributed by atoms with E-state index in [4.69, 9.17) is 4.42 Å². The van der Waals surface area contributed by atoms with Crippen LogP contribution in [0.25, 0.3) is 5.65 Å². The van der Waals surface area contributed by atoms with Crippen LogP contribution in [0, 0.1) is 12.8 Å². The van der Waals surface area contributed by atoms with Gasteiger partial charge in [-0.1, -0.05) is 0 Å². The first-order chi connectivity index (χ1) is 14.2. The molecule has 0 atom stereocenters. The SMILES string of the molecule is Cc1ccc(CN(C)C(=O)C2CCN(c3ccc4nnc(C(F)(F)F)n4n3)CC2)o1. The molecule has 4 heterocycles. The fourth-order valence-electron chi connectivity index (χ4n) is 3.67. The summed E-state index contributed by atoms with van der Waals surface area (Å²) in [5.41, 5.74) is 0.0333. The van der Waals surface area contributed by atoms with Crippen LogP contribution in [0.2, 0.25) is 0 Å². The predicted molar refractivity (Wildman–Crippen MR) is 101 cm³/mol. The standard InChI is InChI=1S/C19H21F3N6O2/c1-12-3-4-14(30-12)11-26(2)17(29)13-7-9-27(10-8-13)16-6-5-15-23-24-18(19(20,21)22)28(15)25-16/h3-6,13H,7-11H2,1-2H3. The van der Waals surface area contributed by atoms with Crippen LogP contribution in [-0.2, 0) is 17.5 Å². The lowest BCUT2D eigenvalue weighted by atomic mass is 9.95. The fourth-order valence-corrected chi connectivity index (χ4v) is 3.67. The number of carbonyl (C=O) groups excluding carboxylic acids is 1. The van der Waals surface area contributed by atoms with E-state index in [1.807, 2.05) is 24.0 Å². The van der Waals surface area contributed by atoms with Crippen molar-refractivity contribution in [2.45, 2.75) is 32.5 Å². The van der Waals surface area contributed by atoms with Crippen LogP contribution in [0.4, 0.5) is 19.0 Å². The summed E-state index contributed by atoms with van der Waals surface area (Å²) in [6.07, 6.45) is -3.45. The molecule has 1 amide bonds. The highest BCUT2D eigenvalue weighted by atomic mass is 19.4. The van der Waals surface area contributed by atoms with Crippen molar-refractivity contribution >= 4 is 17.4 Å². The summed E-state index contributed by atoms with van der Waals surface area (Å²) >= 11 is 0. The van der Waals surface area contributed by atoms with Gasteiger partial charge in [0.05, 0.1) is 6.54 Å². The first-order valence-corrected chi connectivity index (χ1v) is 9.57. The van der Waals surface area contributed by atoms with Gasteiger partial charge in [0.2, 0.25) is 5.91 Å². The third-order valence-electron chi connectivity index (χ3n) is 5.24. The molecule has 1 saturated heterocycles. The molecule has 3 aromatic heterocycles. The maximum absolute atomic E-state index is 13.1. The van der Waals surface area contributed by atoms with Gasteiger partial charge in [0.25, 0.3) is 5.82 Å². The van der Waals surface area contributed by atoms with Crippen LogP contribution >= 0.6 is 0 Å². The average Bonchev–Trinajstić information content (AvgIpc) is 3.32. The number of rotatable bonds is 4. The third-order valence-corrected chi connectivity index (χ3v) is 5.24. The molecule has 30 heavy (non-hydrogen) atoms. The Morgan fingerprint density at radius 3 is 2.57 bits per heavy atom. The summed E-state index contributed by atoms with van der Waals surface area (Å²) in [6.45, 7) is 3.29. The molecule has 0 spiro atoms. The zero-order chi connectivity index (χ0) is 21.5. The molecule has 11 heteroatoms. The van der Waals surface area contributed by atoms with Crippen molar-refractivity contribution in [2.75, 3.05) is 25.0 Å². The van der Waals surface area contributed by atoms with Gasteiger partial charge in [-0.25, -0.2) is 0 Å². The van der Waals surface area contributed by atoms with E-state index in [9.17, 15) is 18.0 Å². The van der Waals surface area contributed by atoms with E-state index < -0.39 is 12.0 Å². The molecule has 4 rings (SSSR count). The van der Waals surface area contributed by atoms with Gasteiger partial charge in [0, 0.05) is 26.1 Å². The van der Waals surface area contributed by atoms with Crippen molar-refractivity contribution in [1.82, 2.24) is 24.7 Å². The topological polar surface area (TPSA) is 79.8 Å². The molecule has 0 bridgehead atoms. The molecule has 0 unspecified atom stereocenters. The Hall–Kier alpha value is -3.11. The number of halogens is 3. The van der Waals surface area contributed by atoms with Crippen LogP contribution in [0.3, 0.4) is 0 Å². The van der Waals surface area contributed by atoms with Crippen LogP contribution in [0.1, 0.15) is 30.2 Å². The van der Waals surface area contributed by atoms with E-state index in [2.05, 4.69) is 15.3 Å². The normalized spacial score (nSPS) is 15.7. The summed E-state index contributed by atoms with van der Waals surface area (Å²) in [5.74, 6) is 0.660. The van der Waals surface area contributed by atoms with Gasteiger partial charge in [0.1, 0.15) is 17.3 Å². The molecule has 0 aromatic carbocycles. The van der Waals surface area contributed by atoms with E-state index in [0.717, 1.165) is 11.5 Å².